The van der Waals surface area contributed by atoms with Crippen LogP contribution in [0, 0.1) is 0 Å². The Bertz CT molecular complexity index is 139. The summed E-state index contributed by atoms with van der Waals surface area (Å²) in [4.78, 5) is 19.2. The van der Waals surface area contributed by atoms with Crippen LogP contribution >= 0.6 is 24.1 Å². The molecule has 0 aromatic rings. The Labute approximate surface area is 96.1 Å². The molecule has 0 radical (unpaired) electrons. The Morgan fingerprint density at radius 1 is 1.29 bits per heavy atom. The number of alkyl halides is 1. The van der Waals surface area contributed by atoms with Crippen molar-refractivity contribution in [3.63, 3.8) is 0 Å². The molecular formula is C9H20BrO3P. The van der Waals surface area contributed by atoms with Crippen molar-refractivity contribution in [2.45, 2.75) is 31.5 Å². The van der Waals surface area contributed by atoms with Crippen molar-refractivity contribution in [3.05, 3.63) is 0 Å². The van der Waals surface area contributed by atoms with Crippen LogP contribution in [0.15, 0.2) is 0 Å². The highest BCUT2D eigenvalue weighted by molar-refractivity contribution is 9.10. The van der Waals surface area contributed by atoms with Gasteiger partial charge in [-0.1, -0.05) is 29.8 Å². The molecule has 0 fully saturated rings. The molecule has 0 spiro atoms. The lowest BCUT2D eigenvalue weighted by molar-refractivity contribution is -0.287. The molecule has 0 bridgehead atoms. The van der Waals surface area contributed by atoms with E-state index >= 15 is 0 Å². The second kappa shape index (κ2) is 8.00. The summed E-state index contributed by atoms with van der Waals surface area (Å²) >= 11 is 3.54. The van der Waals surface area contributed by atoms with Crippen LogP contribution in [0.4, 0.5) is 0 Å². The third kappa shape index (κ3) is 10.9. The first kappa shape index (κ1) is 14.8. The van der Waals surface area contributed by atoms with Crippen molar-refractivity contribution in [2.24, 2.45) is 0 Å². The lowest BCUT2D eigenvalue weighted by atomic mass is 10.2. The van der Waals surface area contributed by atoms with E-state index in [1.807, 2.05) is 6.92 Å². The minimum Gasteiger partial charge on any atom is -0.374 e. The highest BCUT2D eigenvalue weighted by Gasteiger charge is 2.15. The number of rotatable bonds is 8. The van der Waals surface area contributed by atoms with Crippen LogP contribution in [0.2, 0.25) is 0 Å². The van der Waals surface area contributed by atoms with Crippen LogP contribution < -0.4 is 0 Å². The third-order valence-electron chi connectivity index (χ3n) is 1.60. The van der Waals surface area contributed by atoms with Crippen LogP contribution in [0.5, 0.6) is 0 Å². The van der Waals surface area contributed by atoms with Crippen LogP contribution in [0.25, 0.3) is 0 Å². The molecule has 0 amide bonds. The topological polar surface area (TPSA) is 38.7 Å². The molecule has 1 N–H and O–H groups in total. The fourth-order valence-corrected chi connectivity index (χ4v) is 2.62. The van der Waals surface area contributed by atoms with Crippen LogP contribution in [0.3, 0.4) is 0 Å². The first-order valence-corrected chi connectivity index (χ1v) is 7.28. The van der Waals surface area contributed by atoms with Gasteiger partial charge in [-0.25, -0.2) is 9.78 Å². The second-order valence-corrected chi connectivity index (χ2v) is 7.70. The van der Waals surface area contributed by atoms with E-state index in [1.165, 1.54) is 0 Å². The molecule has 1 unspecified atom stereocenters. The second-order valence-electron chi connectivity index (χ2n) is 3.65. The summed E-state index contributed by atoms with van der Waals surface area (Å²) in [6.07, 6.45) is 2.52. The van der Waals surface area contributed by atoms with Crippen molar-refractivity contribution in [1.29, 1.82) is 0 Å². The fraction of sp³-hybridized carbons (Fsp3) is 1.00. The van der Waals surface area contributed by atoms with E-state index in [9.17, 15) is 4.89 Å². The lowest BCUT2D eigenvalue weighted by Crippen LogP contribution is -2.12. The largest absolute Gasteiger partial charge is 0.374 e. The number of hydrogen-bond donors (Lipinski definition) is 1. The maximum atomic E-state index is 9.62. The molecule has 0 aromatic carbocycles. The van der Waals surface area contributed by atoms with E-state index in [0.29, 0.717) is 19.4 Å². The zero-order chi connectivity index (χ0) is 11.0. The van der Waals surface area contributed by atoms with Crippen molar-refractivity contribution < 1.29 is 14.7 Å². The van der Waals surface area contributed by atoms with Gasteiger partial charge in [0.25, 0.3) is 0 Å². The predicted octanol–water partition coefficient (Wildman–Crippen LogP) is 2.91. The minimum absolute atomic E-state index is 0.122. The zero-order valence-corrected chi connectivity index (χ0v) is 11.6. The maximum Gasteiger partial charge on any atom is 0.0882 e. The SMILES string of the molecule is CCOOCCP(O)CCC(C)(C)Br. The average Bonchev–Trinajstić information content (AvgIpc) is 2.08. The Hall–Kier alpha value is 0.790. The highest BCUT2D eigenvalue weighted by Crippen LogP contribution is 2.34. The van der Waals surface area contributed by atoms with Crippen LogP contribution in [0.1, 0.15) is 27.2 Å². The van der Waals surface area contributed by atoms with E-state index in [4.69, 9.17) is 9.78 Å². The summed E-state index contributed by atoms with van der Waals surface area (Å²) in [6, 6.07) is 0. The summed E-state index contributed by atoms with van der Waals surface area (Å²) < 4.78 is 0.122. The molecule has 0 heterocycles. The van der Waals surface area contributed by atoms with Gasteiger partial charge >= 0.3 is 0 Å². The van der Waals surface area contributed by atoms with Gasteiger partial charge in [0.1, 0.15) is 0 Å². The van der Waals surface area contributed by atoms with Gasteiger partial charge in [-0.3, -0.25) is 0 Å². The summed E-state index contributed by atoms with van der Waals surface area (Å²) in [5.74, 6) is 0. The lowest BCUT2D eigenvalue weighted by Gasteiger charge is -2.18. The first-order valence-electron chi connectivity index (χ1n) is 4.83. The Morgan fingerprint density at radius 3 is 2.43 bits per heavy atom. The molecule has 0 aliphatic rings. The highest BCUT2D eigenvalue weighted by atomic mass is 79.9. The molecule has 0 saturated heterocycles. The zero-order valence-electron chi connectivity index (χ0n) is 9.12. The molecule has 1 atom stereocenters. The van der Waals surface area contributed by atoms with E-state index in [0.717, 1.165) is 12.6 Å². The molecule has 0 aliphatic heterocycles. The van der Waals surface area contributed by atoms with Gasteiger partial charge in [-0.05, 0) is 19.5 Å². The minimum atomic E-state index is -0.897. The molecule has 14 heavy (non-hydrogen) atoms. The molecule has 0 aromatic heterocycles. The summed E-state index contributed by atoms with van der Waals surface area (Å²) in [5.41, 5.74) is 0. The molecule has 0 rings (SSSR count). The van der Waals surface area contributed by atoms with Crippen LogP contribution in [-0.2, 0) is 9.78 Å². The van der Waals surface area contributed by atoms with Gasteiger partial charge in [0.15, 0.2) is 0 Å². The van der Waals surface area contributed by atoms with Gasteiger partial charge < -0.3 is 4.89 Å². The molecule has 0 aliphatic carbocycles. The van der Waals surface area contributed by atoms with Gasteiger partial charge in [0, 0.05) is 18.6 Å². The third-order valence-corrected chi connectivity index (χ3v) is 3.43. The molecule has 0 saturated carbocycles. The monoisotopic (exact) mass is 286 g/mol. The molecule has 86 valence electrons. The Kier molecular flexibility index (Phi) is 8.45. The molecular weight excluding hydrogens is 267 g/mol. The van der Waals surface area contributed by atoms with E-state index in [-0.39, 0.29) is 4.32 Å². The summed E-state index contributed by atoms with van der Waals surface area (Å²) in [7, 11) is -0.897. The standard InChI is InChI=1S/C9H20BrO3P/c1-4-12-13-6-8-14(11)7-5-9(2,3)10/h11H,4-8H2,1-3H3. The summed E-state index contributed by atoms with van der Waals surface area (Å²) in [6.45, 7) is 7.12. The average molecular weight is 287 g/mol. The predicted molar refractivity (Wildman–Crippen MR) is 64.1 cm³/mol. The molecule has 5 heteroatoms. The quantitative estimate of drug-likeness (QED) is 0.245. The fourth-order valence-electron chi connectivity index (χ4n) is 0.792. The van der Waals surface area contributed by atoms with Crippen molar-refractivity contribution in [3.8, 4) is 0 Å². The van der Waals surface area contributed by atoms with E-state index in [2.05, 4.69) is 29.8 Å². The Morgan fingerprint density at radius 2 is 1.93 bits per heavy atom. The first-order chi connectivity index (χ1) is 6.45. The van der Waals surface area contributed by atoms with Crippen molar-refractivity contribution >= 4 is 24.1 Å². The smallest absolute Gasteiger partial charge is 0.0882 e. The van der Waals surface area contributed by atoms with Gasteiger partial charge in [-0.2, -0.15) is 0 Å². The number of halogens is 1. The normalized spacial score (nSPS) is 14.4. The van der Waals surface area contributed by atoms with Crippen LogP contribution in [-0.4, -0.2) is 34.8 Å². The summed E-state index contributed by atoms with van der Waals surface area (Å²) in [5, 5.41) is 0. The molecule has 3 nitrogen and oxygen atoms in total. The van der Waals surface area contributed by atoms with E-state index < -0.39 is 8.15 Å². The maximum absolute atomic E-state index is 9.62. The van der Waals surface area contributed by atoms with Gasteiger partial charge in [-0.15, -0.1) is 0 Å². The van der Waals surface area contributed by atoms with Crippen molar-refractivity contribution in [2.75, 3.05) is 25.5 Å². The van der Waals surface area contributed by atoms with Crippen molar-refractivity contribution in [1.82, 2.24) is 0 Å². The van der Waals surface area contributed by atoms with Gasteiger partial charge in [0.05, 0.1) is 13.2 Å². The van der Waals surface area contributed by atoms with E-state index in [1.54, 1.807) is 0 Å². The number of hydrogen-bond acceptors (Lipinski definition) is 3. The Balaban J connectivity index is 3.32. The van der Waals surface area contributed by atoms with Gasteiger partial charge in [0.2, 0.25) is 0 Å².